The summed E-state index contributed by atoms with van der Waals surface area (Å²) < 4.78 is 11.7. The number of likely N-dealkylation sites (N-methyl/N-ethyl adjacent to an activating group) is 1. The molecule has 4 aliphatic rings. The molecule has 5 atom stereocenters. The van der Waals surface area contributed by atoms with Crippen molar-refractivity contribution in [3.63, 3.8) is 0 Å². The Kier molecular flexibility index (Phi) is 5.25. The van der Waals surface area contributed by atoms with Crippen molar-refractivity contribution in [2.45, 2.75) is 17.7 Å². The lowest BCUT2D eigenvalue weighted by atomic mass is 9.77. The number of β-amino-alcohol motifs (C(OH)–C–C–N with tert-alkyl or cyclic N) is 1. The molecule has 0 aliphatic carbocycles. The predicted molar refractivity (Wildman–Crippen MR) is 118 cm³/mol. The second-order valence-corrected chi connectivity index (χ2v) is 8.79. The number of aliphatic hydroxyl groups excluding tert-OH is 1. The Bertz CT molecular complexity index is 1040. The molecule has 9 nitrogen and oxygen atoms in total. The normalized spacial score (nSPS) is 33.1. The number of anilines is 1. The first-order chi connectivity index (χ1) is 15.9. The van der Waals surface area contributed by atoms with E-state index < -0.39 is 29.6 Å². The minimum absolute atomic E-state index is 0.0155. The predicted octanol–water partition coefficient (Wildman–Crippen LogP) is 0.199. The molecule has 1 aromatic carbocycles. The standard InChI is InChI=1S/C24H27N3O6/c1-25-11-3-5-17-18(21(25)29)19-22(30)27(13-14-28)20-23(31)26(12-4-10-24(19,20)33-17)15-6-8-16(32-2)9-7-15/h3-10,17-20,28H,11-14H2,1-2H3/t17-,18+,19-,20?,24-/m0/s1. The van der Waals surface area contributed by atoms with Crippen LogP contribution in [0.2, 0.25) is 0 Å². The number of carbonyl (C=O) groups is 3. The zero-order chi connectivity index (χ0) is 23.3. The molecule has 0 saturated carbocycles. The van der Waals surface area contributed by atoms with E-state index in [1.165, 1.54) is 4.90 Å². The van der Waals surface area contributed by atoms with Gasteiger partial charge in [0.25, 0.3) is 5.91 Å². The number of benzene rings is 1. The molecule has 5 rings (SSSR count). The van der Waals surface area contributed by atoms with E-state index in [1.807, 2.05) is 18.2 Å². The monoisotopic (exact) mass is 453 g/mol. The summed E-state index contributed by atoms with van der Waals surface area (Å²) in [7, 11) is 3.27. The van der Waals surface area contributed by atoms with E-state index in [4.69, 9.17) is 9.47 Å². The number of fused-ring (bicyclic) bond motifs is 2. The van der Waals surface area contributed by atoms with Gasteiger partial charge in [-0.05, 0) is 24.3 Å². The summed E-state index contributed by atoms with van der Waals surface area (Å²) in [5.74, 6) is -1.73. The Morgan fingerprint density at radius 2 is 1.85 bits per heavy atom. The summed E-state index contributed by atoms with van der Waals surface area (Å²) in [5, 5.41) is 9.69. The van der Waals surface area contributed by atoms with Gasteiger partial charge in [0.2, 0.25) is 11.8 Å². The summed E-state index contributed by atoms with van der Waals surface area (Å²) in [5.41, 5.74) is -0.622. The molecule has 1 spiro atoms. The van der Waals surface area contributed by atoms with Crippen molar-refractivity contribution in [2.24, 2.45) is 11.8 Å². The van der Waals surface area contributed by atoms with Crippen molar-refractivity contribution in [2.75, 3.05) is 45.3 Å². The minimum Gasteiger partial charge on any atom is -0.497 e. The number of hydrogen-bond donors (Lipinski definition) is 1. The number of ether oxygens (including phenoxy) is 2. The molecule has 1 unspecified atom stereocenters. The average Bonchev–Trinajstić information content (AvgIpc) is 3.13. The smallest absolute Gasteiger partial charge is 0.253 e. The summed E-state index contributed by atoms with van der Waals surface area (Å²) in [6.07, 6.45) is 6.70. The van der Waals surface area contributed by atoms with E-state index >= 15 is 0 Å². The molecule has 0 radical (unpaired) electrons. The maximum Gasteiger partial charge on any atom is 0.253 e. The van der Waals surface area contributed by atoms with E-state index in [1.54, 1.807) is 54.3 Å². The number of rotatable bonds is 4. The van der Waals surface area contributed by atoms with Gasteiger partial charge in [-0.25, -0.2) is 0 Å². The fourth-order valence-electron chi connectivity index (χ4n) is 5.60. The van der Waals surface area contributed by atoms with Crippen LogP contribution >= 0.6 is 0 Å². The number of methoxy groups -OCH3 is 1. The third-order valence-electron chi connectivity index (χ3n) is 7.09. The third kappa shape index (κ3) is 3.10. The van der Waals surface area contributed by atoms with Gasteiger partial charge in [0, 0.05) is 32.4 Å². The summed E-state index contributed by atoms with van der Waals surface area (Å²) in [6.45, 7) is 0.414. The average molecular weight is 453 g/mol. The molecule has 174 valence electrons. The fourth-order valence-corrected chi connectivity index (χ4v) is 5.60. The van der Waals surface area contributed by atoms with Crippen molar-refractivity contribution < 1.29 is 29.0 Å². The molecular weight excluding hydrogens is 426 g/mol. The highest BCUT2D eigenvalue weighted by Crippen LogP contribution is 2.53. The lowest BCUT2D eigenvalue weighted by molar-refractivity contribution is -0.144. The van der Waals surface area contributed by atoms with Gasteiger partial charge in [-0.15, -0.1) is 0 Å². The van der Waals surface area contributed by atoms with Crippen LogP contribution in [0.3, 0.4) is 0 Å². The van der Waals surface area contributed by atoms with E-state index in [-0.39, 0.29) is 30.9 Å². The molecule has 33 heavy (non-hydrogen) atoms. The van der Waals surface area contributed by atoms with Gasteiger partial charge >= 0.3 is 0 Å². The molecule has 3 amide bonds. The minimum atomic E-state index is -1.28. The summed E-state index contributed by atoms with van der Waals surface area (Å²) in [4.78, 5) is 45.4. The van der Waals surface area contributed by atoms with Crippen LogP contribution in [0.25, 0.3) is 0 Å². The Labute approximate surface area is 191 Å². The number of likely N-dealkylation sites (tertiary alicyclic amines) is 1. The van der Waals surface area contributed by atoms with Gasteiger partial charge in [0.1, 0.15) is 17.4 Å². The molecular formula is C24H27N3O6. The number of carbonyl (C=O) groups excluding carboxylic acids is 3. The molecule has 1 N–H and O–H groups in total. The molecule has 1 aromatic rings. The van der Waals surface area contributed by atoms with Crippen LogP contribution in [0.1, 0.15) is 0 Å². The first kappa shape index (κ1) is 21.7. The Morgan fingerprint density at radius 1 is 1.09 bits per heavy atom. The summed E-state index contributed by atoms with van der Waals surface area (Å²) in [6, 6.07) is 6.12. The highest BCUT2D eigenvalue weighted by molar-refractivity contribution is 6.05. The van der Waals surface area contributed by atoms with Gasteiger partial charge < -0.3 is 29.3 Å². The highest BCUT2D eigenvalue weighted by Gasteiger charge is 2.71. The first-order valence-electron chi connectivity index (χ1n) is 11.1. The van der Waals surface area contributed by atoms with Gasteiger partial charge in [0.15, 0.2) is 0 Å². The van der Waals surface area contributed by atoms with Crippen LogP contribution in [0.5, 0.6) is 5.75 Å². The lowest BCUT2D eigenvalue weighted by Crippen LogP contribution is -2.55. The molecule has 9 heteroatoms. The van der Waals surface area contributed by atoms with Crippen LogP contribution in [0.4, 0.5) is 5.69 Å². The third-order valence-corrected chi connectivity index (χ3v) is 7.09. The zero-order valence-corrected chi connectivity index (χ0v) is 18.6. The van der Waals surface area contributed by atoms with E-state index in [0.29, 0.717) is 24.5 Å². The van der Waals surface area contributed by atoms with Crippen molar-refractivity contribution in [1.29, 1.82) is 0 Å². The molecule has 2 saturated heterocycles. The van der Waals surface area contributed by atoms with E-state index in [9.17, 15) is 19.5 Å². The largest absolute Gasteiger partial charge is 0.497 e. The van der Waals surface area contributed by atoms with Crippen LogP contribution in [0, 0.1) is 11.8 Å². The summed E-state index contributed by atoms with van der Waals surface area (Å²) >= 11 is 0. The van der Waals surface area contributed by atoms with Crippen LogP contribution < -0.4 is 9.64 Å². The molecule has 0 aromatic heterocycles. The molecule has 2 fully saturated rings. The maximum atomic E-state index is 14.0. The molecule has 4 aliphatic heterocycles. The number of nitrogens with zero attached hydrogens (tertiary/aromatic N) is 3. The SMILES string of the molecule is COc1ccc(N2CC=C[C@]34O[C@H]5C=CCN(C)C(=O)[C@H]5[C@H]3C(=O)N(CCO)C4C2=O)cc1. The van der Waals surface area contributed by atoms with Crippen LogP contribution in [-0.2, 0) is 19.1 Å². The number of hydrogen-bond acceptors (Lipinski definition) is 6. The quantitative estimate of drug-likeness (QED) is 0.654. The number of amides is 3. The van der Waals surface area contributed by atoms with Gasteiger partial charge in [-0.1, -0.05) is 24.3 Å². The van der Waals surface area contributed by atoms with Gasteiger partial charge in [-0.3, -0.25) is 14.4 Å². The van der Waals surface area contributed by atoms with Crippen LogP contribution in [-0.4, -0.2) is 90.8 Å². The topological polar surface area (TPSA) is 99.6 Å². The molecule has 0 bridgehead atoms. The van der Waals surface area contributed by atoms with Crippen molar-refractivity contribution in [3.8, 4) is 5.75 Å². The van der Waals surface area contributed by atoms with E-state index in [2.05, 4.69) is 0 Å². The first-order valence-corrected chi connectivity index (χ1v) is 11.1. The fraction of sp³-hybridized carbons (Fsp3) is 0.458. The zero-order valence-electron chi connectivity index (χ0n) is 18.6. The van der Waals surface area contributed by atoms with Gasteiger partial charge in [-0.2, -0.15) is 0 Å². The van der Waals surface area contributed by atoms with Gasteiger partial charge in [0.05, 0.1) is 31.7 Å². The number of aliphatic hydroxyl groups is 1. The van der Waals surface area contributed by atoms with Crippen molar-refractivity contribution in [3.05, 3.63) is 48.6 Å². The Hall–Kier alpha value is -3.17. The maximum absolute atomic E-state index is 14.0. The molecule has 4 heterocycles. The second kappa shape index (κ2) is 8.00. The lowest BCUT2D eigenvalue weighted by Gasteiger charge is -2.35. The highest BCUT2D eigenvalue weighted by atomic mass is 16.5. The Morgan fingerprint density at radius 3 is 2.55 bits per heavy atom. The van der Waals surface area contributed by atoms with E-state index in [0.717, 1.165) is 0 Å². The van der Waals surface area contributed by atoms with Crippen LogP contribution in [0.15, 0.2) is 48.6 Å². The van der Waals surface area contributed by atoms with Crippen molar-refractivity contribution >= 4 is 23.4 Å². The Balaban J connectivity index is 1.59. The van der Waals surface area contributed by atoms with Crippen molar-refractivity contribution in [1.82, 2.24) is 9.80 Å². The second-order valence-electron chi connectivity index (χ2n) is 8.79.